The van der Waals surface area contributed by atoms with Crippen LogP contribution in [-0.4, -0.2) is 0 Å². The van der Waals surface area contributed by atoms with Crippen LogP contribution in [0.5, 0.6) is 0 Å². The van der Waals surface area contributed by atoms with Crippen LogP contribution in [0.3, 0.4) is 0 Å². The summed E-state index contributed by atoms with van der Waals surface area (Å²) in [4.78, 5) is 1.11. The summed E-state index contributed by atoms with van der Waals surface area (Å²) in [5, 5.41) is 2.10. The van der Waals surface area contributed by atoms with Gasteiger partial charge in [0, 0.05) is 32.8 Å². The SMILES string of the molecule is NC(Cc1cc(Br)cs1)c1cccc(Cl)c1F. The topological polar surface area (TPSA) is 26.0 Å². The van der Waals surface area contributed by atoms with Crippen LogP contribution < -0.4 is 5.73 Å². The summed E-state index contributed by atoms with van der Waals surface area (Å²) >= 11 is 10.7. The Kier molecular flexibility index (Phi) is 4.20. The van der Waals surface area contributed by atoms with Gasteiger partial charge in [0.25, 0.3) is 0 Å². The molecule has 1 aromatic heterocycles. The molecule has 0 bridgehead atoms. The summed E-state index contributed by atoms with van der Waals surface area (Å²) < 4.78 is 14.8. The van der Waals surface area contributed by atoms with Crippen LogP contribution >= 0.6 is 38.9 Å². The highest BCUT2D eigenvalue weighted by molar-refractivity contribution is 9.10. The minimum absolute atomic E-state index is 0.116. The highest BCUT2D eigenvalue weighted by Crippen LogP contribution is 2.27. The van der Waals surface area contributed by atoms with E-state index in [-0.39, 0.29) is 11.1 Å². The van der Waals surface area contributed by atoms with Gasteiger partial charge in [-0.3, -0.25) is 0 Å². The van der Waals surface area contributed by atoms with Crippen LogP contribution in [-0.2, 0) is 6.42 Å². The van der Waals surface area contributed by atoms with Crippen molar-refractivity contribution in [2.24, 2.45) is 5.73 Å². The van der Waals surface area contributed by atoms with E-state index in [4.69, 9.17) is 17.3 Å². The summed E-state index contributed by atoms with van der Waals surface area (Å²) in [7, 11) is 0. The monoisotopic (exact) mass is 333 g/mol. The first kappa shape index (κ1) is 13.0. The van der Waals surface area contributed by atoms with E-state index in [0.717, 1.165) is 9.35 Å². The Bertz CT molecular complexity index is 529. The van der Waals surface area contributed by atoms with Gasteiger partial charge in [-0.05, 0) is 28.1 Å². The van der Waals surface area contributed by atoms with Crippen LogP contribution in [0.15, 0.2) is 34.1 Å². The summed E-state index contributed by atoms with van der Waals surface area (Å²) in [6, 6.07) is 6.53. The van der Waals surface area contributed by atoms with E-state index in [1.165, 1.54) is 6.07 Å². The van der Waals surface area contributed by atoms with Gasteiger partial charge in [-0.2, -0.15) is 0 Å². The maximum Gasteiger partial charge on any atom is 0.146 e. The predicted octanol–water partition coefficient (Wildman–Crippen LogP) is 4.55. The molecule has 0 aliphatic heterocycles. The number of hydrogen-bond acceptors (Lipinski definition) is 2. The van der Waals surface area contributed by atoms with E-state index in [0.29, 0.717) is 12.0 Å². The third-order valence-corrected chi connectivity index (χ3v) is 4.44. The van der Waals surface area contributed by atoms with Crippen molar-refractivity contribution in [2.75, 3.05) is 0 Å². The Hall–Kier alpha value is -0.420. The summed E-state index contributed by atoms with van der Waals surface area (Å²) in [5.74, 6) is -0.419. The van der Waals surface area contributed by atoms with Crippen molar-refractivity contribution in [3.63, 3.8) is 0 Å². The Morgan fingerprint density at radius 1 is 1.47 bits per heavy atom. The molecule has 2 aromatic rings. The second-order valence-corrected chi connectivity index (χ2v) is 6.00. The average molecular weight is 335 g/mol. The molecule has 0 amide bonds. The average Bonchev–Trinajstić information content (AvgIpc) is 2.68. The second kappa shape index (κ2) is 5.48. The van der Waals surface area contributed by atoms with Gasteiger partial charge in [-0.25, -0.2) is 4.39 Å². The Balaban J connectivity index is 2.20. The molecule has 0 fully saturated rings. The molecule has 5 heteroatoms. The zero-order chi connectivity index (χ0) is 12.4. The third kappa shape index (κ3) is 3.07. The smallest absolute Gasteiger partial charge is 0.146 e. The number of nitrogens with two attached hydrogens (primary N) is 1. The highest BCUT2D eigenvalue weighted by atomic mass is 79.9. The lowest BCUT2D eigenvalue weighted by molar-refractivity contribution is 0.582. The largest absolute Gasteiger partial charge is 0.324 e. The predicted molar refractivity (Wildman–Crippen MR) is 74.1 cm³/mol. The molecular weight excluding hydrogens is 325 g/mol. The van der Waals surface area contributed by atoms with E-state index in [9.17, 15) is 4.39 Å². The molecule has 17 heavy (non-hydrogen) atoms. The summed E-state index contributed by atoms with van der Waals surface area (Å²) in [6.07, 6.45) is 0.605. The standard InChI is InChI=1S/C12H10BrClFNS/c13-7-4-8(17-6-7)5-11(16)9-2-1-3-10(14)12(9)15/h1-4,6,11H,5,16H2. The molecule has 0 aliphatic rings. The molecule has 0 saturated heterocycles. The molecule has 1 unspecified atom stereocenters. The molecule has 2 N–H and O–H groups in total. The van der Waals surface area contributed by atoms with Crippen molar-refractivity contribution >= 4 is 38.9 Å². The van der Waals surface area contributed by atoms with E-state index in [1.54, 1.807) is 23.5 Å². The fraction of sp³-hybridized carbons (Fsp3) is 0.167. The van der Waals surface area contributed by atoms with Crippen LogP contribution in [0.2, 0.25) is 5.02 Å². The van der Waals surface area contributed by atoms with Crippen molar-refractivity contribution in [3.8, 4) is 0 Å². The number of thiophene rings is 1. The maximum atomic E-state index is 13.7. The molecule has 1 atom stereocenters. The third-order valence-electron chi connectivity index (χ3n) is 2.42. The van der Waals surface area contributed by atoms with E-state index < -0.39 is 5.82 Å². The lowest BCUT2D eigenvalue weighted by Crippen LogP contribution is -2.14. The number of hydrogen-bond donors (Lipinski definition) is 1. The number of halogens is 3. The van der Waals surface area contributed by atoms with Crippen molar-refractivity contribution in [3.05, 3.63) is 55.4 Å². The molecule has 2 rings (SSSR count). The highest BCUT2D eigenvalue weighted by Gasteiger charge is 2.14. The summed E-state index contributed by atoms with van der Waals surface area (Å²) in [5.41, 5.74) is 6.46. The van der Waals surface area contributed by atoms with Crippen LogP contribution in [0.4, 0.5) is 4.39 Å². The maximum absolute atomic E-state index is 13.7. The molecule has 0 aliphatic carbocycles. The van der Waals surface area contributed by atoms with E-state index >= 15 is 0 Å². The molecule has 1 aromatic carbocycles. The molecule has 0 radical (unpaired) electrons. The van der Waals surface area contributed by atoms with Crippen molar-refractivity contribution in [1.82, 2.24) is 0 Å². The fourth-order valence-electron chi connectivity index (χ4n) is 1.59. The molecule has 1 nitrogen and oxygen atoms in total. The molecule has 90 valence electrons. The van der Waals surface area contributed by atoms with Crippen LogP contribution in [0.25, 0.3) is 0 Å². The van der Waals surface area contributed by atoms with E-state index in [1.807, 2.05) is 11.4 Å². The van der Waals surface area contributed by atoms with Crippen molar-refractivity contribution in [2.45, 2.75) is 12.5 Å². The molecule has 0 spiro atoms. The van der Waals surface area contributed by atoms with Crippen molar-refractivity contribution < 1.29 is 4.39 Å². The Labute approximate surface area is 117 Å². The van der Waals surface area contributed by atoms with Gasteiger partial charge in [-0.1, -0.05) is 23.7 Å². The fourth-order valence-corrected chi connectivity index (χ4v) is 3.29. The normalized spacial score (nSPS) is 12.7. The number of benzene rings is 1. The van der Waals surface area contributed by atoms with E-state index in [2.05, 4.69) is 15.9 Å². The molecule has 0 saturated carbocycles. The first-order valence-electron chi connectivity index (χ1n) is 5.00. The minimum atomic E-state index is -0.419. The van der Waals surface area contributed by atoms with Gasteiger partial charge < -0.3 is 5.73 Å². The summed E-state index contributed by atoms with van der Waals surface area (Å²) in [6.45, 7) is 0. The molecule has 1 heterocycles. The van der Waals surface area contributed by atoms with Gasteiger partial charge >= 0.3 is 0 Å². The Morgan fingerprint density at radius 2 is 2.24 bits per heavy atom. The van der Waals surface area contributed by atoms with Gasteiger partial charge in [-0.15, -0.1) is 11.3 Å². The van der Waals surface area contributed by atoms with Crippen LogP contribution in [0, 0.1) is 5.82 Å². The number of rotatable bonds is 3. The second-order valence-electron chi connectivity index (χ2n) is 3.68. The molecular formula is C12H10BrClFNS. The zero-order valence-electron chi connectivity index (χ0n) is 8.79. The lowest BCUT2D eigenvalue weighted by atomic mass is 10.0. The quantitative estimate of drug-likeness (QED) is 0.876. The first-order chi connectivity index (χ1) is 8.08. The van der Waals surface area contributed by atoms with Gasteiger partial charge in [0.2, 0.25) is 0 Å². The Morgan fingerprint density at radius 3 is 2.88 bits per heavy atom. The minimum Gasteiger partial charge on any atom is -0.324 e. The van der Waals surface area contributed by atoms with Crippen molar-refractivity contribution in [1.29, 1.82) is 0 Å². The van der Waals surface area contributed by atoms with Crippen LogP contribution in [0.1, 0.15) is 16.5 Å². The van der Waals surface area contributed by atoms with Gasteiger partial charge in [0.1, 0.15) is 5.82 Å². The van der Waals surface area contributed by atoms with Gasteiger partial charge in [0.05, 0.1) is 5.02 Å². The lowest BCUT2D eigenvalue weighted by Gasteiger charge is -2.12. The zero-order valence-corrected chi connectivity index (χ0v) is 11.9. The van der Waals surface area contributed by atoms with Gasteiger partial charge in [0.15, 0.2) is 0 Å². The first-order valence-corrected chi connectivity index (χ1v) is 7.05.